The summed E-state index contributed by atoms with van der Waals surface area (Å²) in [7, 11) is 0. The van der Waals surface area contributed by atoms with Gasteiger partial charge in [-0.3, -0.25) is 0 Å². The summed E-state index contributed by atoms with van der Waals surface area (Å²) in [4.78, 5) is 0. The van der Waals surface area contributed by atoms with Gasteiger partial charge < -0.3 is 0 Å². The van der Waals surface area contributed by atoms with Crippen molar-refractivity contribution in [3.63, 3.8) is 0 Å². The van der Waals surface area contributed by atoms with Crippen LogP contribution >= 0.6 is 23.2 Å². The van der Waals surface area contributed by atoms with Crippen LogP contribution in [0.3, 0.4) is 0 Å². The summed E-state index contributed by atoms with van der Waals surface area (Å²) in [5.74, 6) is 0. The van der Waals surface area contributed by atoms with Gasteiger partial charge >= 0.3 is 0 Å². The van der Waals surface area contributed by atoms with E-state index in [2.05, 4.69) is 6.08 Å². The Balaban J connectivity index is 2.44. The van der Waals surface area contributed by atoms with Gasteiger partial charge in [0.15, 0.2) is 0 Å². The van der Waals surface area contributed by atoms with Crippen LogP contribution in [0.1, 0.15) is 25.7 Å². The highest BCUT2D eigenvalue weighted by atomic mass is 35.5. The minimum Gasteiger partial charge on any atom is -0.121 e. The molecule has 0 bridgehead atoms. The van der Waals surface area contributed by atoms with E-state index >= 15 is 0 Å². The SMILES string of the molecule is ClC1/C=C\CCCCC1Cl. The lowest BCUT2D eigenvalue weighted by Crippen LogP contribution is -2.13. The first-order chi connectivity index (χ1) is 4.80. The number of hydrogen-bond donors (Lipinski definition) is 0. The van der Waals surface area contributed by atoms with E-state index in [4.69, 9.17) is 23.2 Å². The second-order valence-electron chi connectivity index (χ2n) is 2.67. The molecule has 0 nitrogen and oxygen atoms in total. The molecule has 2 heteroatoms. The predicted octanol–water partition coefficient (Wildman–Crippen LogP) is 3.33. The Hall–Kier alpha value is 0.320. The van der Waals surface area contributed by atoms with Crippen LogP contribution < -0.4 is 0 Å². The number of hydrogen-bond acceptors (Lipinski definition) is 0. The first-order valence-electron chi connectivity index (χ1n) is 3.75. The molecule has 0 fully saturated rings. The standard InChI is InChI=1S/C8H12Cl2/c9-7-5-3-1-2-4-6-8(7)10/h3,5,7-8H,1-2,4,6H2/b5-3-. The Kier molecular flexibility index (Phi) is 3.58. The average Bonchev–Trinajstić information content (AvgIpc) is 1.92. The molecule has 10 heavy (non-hydrogen) atoms. The maximum atomic E-state index is 5.96. The fourth-order valence-corrected chi connectivity index (χ4v) is 1.57. The molecule has 0 heterocycles. The quantitative estimate of drug-likeness (QED) is 0.395. The Bertz CT molecular complexity index is 120. The van der Waals surface area contributed by atoms with E-state index < -0.39 is 0 Å². The average molecular weight is 179 g/mol. The summed E-state index contributed by atoms with van der Waals surface area (Å²) in [6.45, 7) is 0. The van der Waals surface area contributed by atoms with Crippen LogP contribution in [0.4, 0.5) is 0 Å². The lowest BCUT2D eigenvalue weighted by Gasteiger charge is -2.14. The summed E-state index contributed by atoms with van der Waals surface area (Å²) in [6.07, 6.45) is 8.82. The van der Waals surface area contributed by atoms with Crippen molar-refractivity contribution in [2.24, 2.45) is 0 Å². The van der Waals surface area contributed by atoms with Crippen LogP contribution in [0, 0.1) is 0 Å². The van der Waals surface area contributed by atoms with Crippen molar-refractivity contribution in [1.29, 1.82) is 0 Å². The zero-order chi connectivity index (χ0) is 7.40. The van der Waals surface area contributed by atoms with Gasteiger partial charge in [0.1, 0.15) is 0 Å². The summed E-state index contributed by atoms with van der Waals surface area (Å²) >= 11 is 11.9. The second kappa shape index (κ2) is 4.25. The van der Waals surface area contributed by atoms with Crippen LogP contribution in [-0.2, 0) is 0 Å². The fraction of sp³-hybridized carbons (Fsp3) is 0.750. The third kappa shape index (κ3) is 2.51. The van der Waals surface area contributed by atoms with E-state index in [0.29, 0.717) is 0 Å². The van der Waals surface area contributed by atoms with Crippen LogP contribution in [0.15, 0.2) is 12.2 Å². The molecular formula is C8H12Cl2. The Labute approximate surface area is 72.2 Å². The van der Waals surface area contributed by atoms with E-state index in [0.717, 1.165) is 12.8 Å². The van der Waals surface area contributed by atoms with E-state index in [1.165, 1.54) is 12.8 Å². The molecular weight excluding hydrogens is 167 g/mol. The molecule has 0 radical (unpaired) electrons. The zero-order valence-corrected chi connectivity index (χ0v) is 7.41. The van der Waals surface area contributed by atoms with Crippen molar-refractivity contribution in [3.8, 4) is 0 Å². The van der Waals surface area contributed by atoms with Crippen molar-refractivity contribution >= 4 is 23.2 Å². The zero-order valence-electron chi connectivity index (χ0n) is 5.89. The molecule has 2 atom stereocenters. The minimum atomic E-state index is 0.0435. The van der Waals surface area contributed by atoms with Crippen LogP contribution in [0.2, 0.25) is 0 Å². The Morgan fingerprint density at radius 2 is 2.00 bits per heavy atom. The van der Waals surface area contributed by atoms with Gasteiger partial charge in [0.05, 0.1) is 10.8 Å². The monoisotopic (exact) mass is 178 g/mol. The molecule has 0 aliphatic heterocycles. The van der Waals surface area contributed by atoms with Gasteiger partial charge in [-0.05, 0) is 19.3 Å². The van der Waals surface area contributed by atoms with Crippen molar-refractivity contribution < 1.29 is 0 Å². The van der Waals surface area contributed by atoms with Crippen LogP contribution in [0.5, 0.6) is 0 Å². The van der Waals surface area contributed by atoms with E-state index in [1.54, 1.807) is 0 Å². The third-order valence-electron chi connectivity index (χ3n) is 1.77. The molecule has 0 aromatic heterocycles. The van der Waals surface area contributed by atoms with Crippen molar-refractivity contribution in [1.82, 2.24) is 0 Å². The van der Waals surface area contributed by atoms with E-state index in [9.17, 15) is 0 Å². The first kappa shape index (κ1) is 8.42. The van der Waals surface area contributed by atoms with Gasteiger partial charge in [0, 0.05) is 0 Å². The summed E-state index contributed by atoms with van der Waals surface area (Å²) in [5, 5.41) is 0.181. The molecule has 2 unspecified atom stereocenters. The van der Waals surface area contributed by atoms with Crippen molar-refractivity contribution in [3.05, 3.63) is 12.2 Å². The molecule has 1 aliphatic rings. The highest BCUT2D eigenvalue weighted by molar-refractivity contribution is 6.30. The molecule has 0 saturated carbocycles. The highest BCUT2D eigenvalue weighted by Gasteiger charge is 2.13. The summed E-state index contributed by atoms with van der Waals surface area (Å²) in [5.41, 5.74) is 0. The summed E-state index contributed by atoms with van der Waals surface area (Å²) < 4.78 is 0. The maximum absolute atomic E-state index is 5.96. The van der Waals surface area contributed by atoms with Gasteiger partial charge in [-0.25, -0.2) is 0 Å². The predicted molar refractivity (Wildman–Crippen MR) is 46.9 cm³/mol. The Morgan fingerprint density at radius 1 is 1.20 bits per heavy atom. The number of alkyl halides is 2. The molecule has 1 rings (SSSR count). The topological polar surface area (TPSA) is 0 Å². The van der Waals surface area contributed by atoms with Crippen molar-refractivity contribution in [2.75, 3.05) is 0 Å². The van der Waals surface area contributed by atoms with Gasteiger partial charge in [-0.2, -0.15) is 0 Å². The second-order valence-corrected chi connectivity index (χ2v) is 3.74. The minimum absolute atomic E-state index is 0.0435. The Morgan fingerprint density at radius 3 is 2.80 bits per heavy atom. The molecule has 1 aliphatic carbocycles. The van der Waals surface area contributed by atoms with E-state index in [-0.39, 0.29) is 10.8 Å². The molecule has 58 valence electrons. The molecule has 0 aromatic carbocycles. The van der Waals surface area contributed by atoms with E-state index in [1.807, 2.05) is 6.08 Å². The number of allylic oxidation sites excluding steroid dienone is 2. The van der Waals surface area contributed by atoms with Gasteiger partial charge in [0.2, 0.25) is 0 Å². The van der Waals surface area contributed by atoms with Gasteiger partial charge in [-0.1, -0.05) is 18.6 Å². The maximum Gasteiger partial charge on any atom is 0.0679 e. The highest BCUT2D eigenvalue weighted by Crippen LogP contribution is 2.20. The first-order valence-corrected chi connectivity index (χ1v) is 4.63. The fourth-order valence-electron chi connectivity index (χ4n) is 1.11. The van der Waals surface area contributed by atoms with Gasteiger partial charge in [-0.15, -0.1) is 23.2 Å². The van der Waals surface area contributed by atoms with Gasteiger partial charge in [0.25, 0.3) is 0 Å². The molecule has 0 spiro atoms. The lowest BCUT2D eigenvalue weighted by atomic mass is 10.1. The lowest BCUT2D eigenvalue weighted by molar-refractivity contribution is 0.647. The molecule has 0 amide bonds. The molecule has 0 aromatic rings. The van der Waals surface area contributed by atoms with Crippen LogP contribution in [-0.4, -0.2) is 10.8 Å². The molecule has 0 saturated heterocycles. The molecule has 0 N–H and O–H groups in total. The number of rotatable bonds is 0. The number of halogens is 2. The third-order valence-corrected chi connectivity index (χ3v) is 2.83. The smallest absolute Gasteiger partial charge is 0.0679 e. The normalized spacial score (nSPS) is 38.2. The summed E-state index contributed by atoms with van der Waals surface area (Å²) in [6, 6.07) is 0. The largest absolute Gasteiger partial charge is 0.121 e. The van der Waals surface area contributed by atoms with Crippen molar-refractivity contribution in [2.45, 2.75) is 36.4 Å². The van der Waals surface area contributed by atoms with Crippen LogP contribution in [0.25, 0.3) is 0 Å².